The van der Waals surface area contributed by atoms with Gasteiger partial charge in [-0.3, -0.25) is 24.2 Å². The Morgan fingerprint density at radius 3 is 1.34 bits per heavy atom. The van der Waals surface area contributed by atoms with Gasteiger partial charge < -0.3 is 10.6 Å². The van der Waals surface area contributed by atoms with Gasteiger partial charge in [0.1, 0.15) is 0 Å². The summed E-state index contributed by atoms with van der Waals surface area (Å²) in [6, 6.07) is 15.4. The maximum Gasteiger partial charge on any atom is 0.238 e. The van der Waals surface area contributed by atoms with Gasteiger partial charge in [0.05, 0.1) is 25.2 Å². The maximum absolute atomic E-state index is 13.6. The van der Waals surface area contributed by atoms with Crippen LogP contribution in [0.25, 0.3) is 0 Å². The fourth-order valence-corrected chi connectivity index (χ4v) is 5.41. The standard InChI is InChI=1S/C31H42N4O3/c1-30(2,3)32-28(37)26-15-21-11-7-9-13-23(21)17-34(26)19-25(36)20-35-18-24-14-10-8-12-22(24)16-27(35)29(38)33-31(4,5)6/h7-14,26-27H,15-20H2,1-6H3,(H,32,37)(H,33,38). The minimum absolute atomic E-state index is 0.00544. The summed E-state index contributed by atoms with van der Waals surface area (Å²) in [6.07, 6.45) is 1.14. The molecule has 2 aromatic carbocycles. The molecule has 7 heteroatoms. The fraction of sp³-hybridized carbons (Fsp3) is 0.516. The van der Waals surface area contributed by atoms with Crippen LogP contribution in [0.3, 0.4) is 0 Å². The van der Waals surface area contributed by atoms with Gasteiger partial charge in [0, 0.05) is 24.2 Å². The first-order valence-corrected chi connectivity index (χ1v) is 13.6. The molecule has 0 aromatic heterocycles. The molecule has 0 spiro atoms. The Bertz CT molecular complexity index is 1100. The Kier molecular flexibility index (Phi) is 8.09. The normalized spacial score (nSPS) is 20.3. The number of nitrogens with zero attached hydrogens (tertiary/aromatic N) is 2. The molecule has 2 N–H and O–H groups in total. The van der Waals surface area contributed by atoms with E-state index >= 15 is 0 Å². The van der Waals surface area contributed by atoms with Gasteiger partial charge in [0.2, 0.25) is 11.8 Å². The zero-order valence-electron chi connectivity index (χ0n) is 23.6. The van der Waals surface area contributed by atoms with Crippen LogP contribution in [-0.4, -0.2) is 63.6 Å². The lowest BCUT2D eigenvalue weighted by atomic mass is 9.91. The van der Waals surface area contributed by atoms with Gasteiger partial charge in [0.25, 0.3) is 0 Å². The van der Waals surface area contributed by atoms with E-state index in [9.17, 15) is 14.4 Å². The van der Waals surface area contributed by atoms with Gasteiger partial charge in [-0.1, -0.05) is 48.5 Å². The number of ketones is 1. The van der Waals surface area contributed by atoms with Gasteiger partial charge in [-0.25, -0.2) is 0 Å². The molecule has 2 unspecified atom stereocenters. The lowest BCUT2D eigenvalue weighted by Crippen LogP contribution is -2.57. The van der Waals surface area contributed by atoms with Crippen LogP contribution in [0.5, 0.6) is 0 Å². The Labute approximate surface area is 227 Å². The lowest BCUT2D eigenvalue weighted by molar-refractivity contribution is -0.131. The summed E-state index contributed by atoms with van der Waals surface area (Å²) in [5, 5.41) is 6.21. The number of carbonyl (C=O) groups is 3. The van der Waals surface area contributed by atoms with Gasteiger partial charge in [0.15, 0.2) is 5.78 Å². The molecule has 38 heavy (non-hydrogen) atoms. The topological polar surface area (TPSA) is 81.8 Å². The second-order valence-corrected chi connectivity index (χ2v) is 12.8. The van der Waals surface area contributed by atoms with Crippen LogP contribution in [0, 0.1) is 0 Å². The third kappa shape index (κ3) is 7.08. The average molecular weight is 519 g/mol. The summed E-state index contributed by atoms with van der Waals surface area (Å²) in [5.74, 6) is -0.117. The SMILES string of the molecule is CC(C)(C)NC(=O)C1Cc2ccccc2CN1CC(=O)CN1Cc2ccccc2CC1C(=O)NC(C)(C)C. The monoisotopic (exact) mass is 518 g/mol. The van der Waals surface area contributed by atoms with E-state index in [1.807, 2.05) is 75.6 Å². The highest BCUT2D eigenvalue weighted by Gasteiger charge is 2.37. The van der Waals surface area contributed by atoms with Crippen LogP contribution in [-0.2, 0) is 40.3 Å². The molecule has 2 amide bonds. The van der Waals surface area contributed by atoms with Crippen molar-refractivity contribution >= 4 is 17.6 Å². The van der Waals surface area contributed by atoms with E-state index in [2.05, 4.69) is 34.9 Å². The van der Waals surface area contributed by atoms with Crippen LogP contribution in [0.2, 0.25) is 0 Å². The summed E-state index contributed by atoms with van der Waals surface area (Å²) in [6.45, 7) is 13.2. The predicted octanol–water partition coefficient (Wildman–Crippen LogP) is 3.24. The number of hydrogen-bond donors (Lipinski definition) is 2. The highest BCUT2D eigenvalue weighted by atomic mass is 16.2. The molecular formula is C31H42N4O3. The van der Waals surface area contributed by atoms with E-state index in [4.69, 9.17) is 0 Å². The molecule has 0 bridgehead atoms. The van der Waals surface area contributed by atoms with E-state index in [0.717, 1.165) is 22.3 Å². The van der Waals surface area contributed by atoms with Crippen LogP contribution >= 0.6 is 0 Å². The second-order valence-electron chi connectivity index (χ2n) is 12.8. The molecule has 204 valence electrons. The summed E-state index contributed by atoms with van der Waals surface area (Å²) >= 11 is 0. The number of nitrogens with one attached hydrogen (secondary N) is 2. The van der Waals surface area contributed by atoms with Crippen LogP contribution in [0.15, 0.2) is 48.5 Å². The van der Waals surface area contributed by atoms with Crippen LogP contribution < -0.4 is 10.6 Å². The molecule has 2 aliphatic heterocycles. The van der Waals surface area contributed by atoms with Crippen molar-refractivity contribution in [1.29, 1.82) is 0 Å². The molecule has 0 radical (unpaired) electrons. The molecule has 2 heterocycles. The number of amides is 2. The summed E-state index contributed by atoms with van der Waals surface area (Å²) in [7, 11) is 0. The predicted molar refractivity (Wildman–Crippen MR) is 149 cm³/mol. The summed E-state index contributed by atoms with van der Waals surface area (Å²) in [4.78, 5) is 44.1. The number of hydrogen-bond acceptors (Lipinski definition) is 5. The smallest absolute Gasteiger partial charge is 0.238 e. The quantitative estimate of drug-likeness (QED) is 0.614. The maximum atomic E-state index is 13.6. The largest absolute Gasteiger partial charge is 0.350 e. The van der Waals surface area contributed by atoms with Crippen molar-refractivity contribution < 1.29 is 14.4 Å². The first kappa shape index (κ1) is 28.0. The molecule has 0 saturated heterocycles. The van der Waals surface area contributed by atoms with Gasteiger partial charge in [-0.05, 0) is 76.6 Å². The van der Waals surface area contributed by atoms with Crippen LogP contribution in [0.4, 0.5) is 0 Å². The molecule has 7 nitrogen and oxygen atoms in total. The van der Waals surface area contributed by atoms with Crippen LogP contribution in [0.1, 0.15) is 63.8 Å². The van der Waals surface area contributed by atoms with E-state index in [-0.39, 0.29) is 41.8 Å². The molecule has 0 aliphatic carbocycles. The van der Waals surface area contributed by atoms with E-state index < -0.39 is 12.1 Å². The minimum Gasteiger partial charge on any atom is -0.350 e. The summed E-state index contributed by atoms with van der Waals surface area (Å²) < 4.78 is 0. The van der Waals surface area contributed by atoms with Crippen molar-refractivity contribution in [2.24, 2.45) is 0 Å². The van der Waals surface area contributed by atoms with Crippen molar-refractivity contribution in [3.05, 3.63) is 70.8 Å². The molecular weight excluding hydrogens is 476 g/mol. The number of carbonyl (C=O) groups excluding carboxylic acids is 3. The zero-order valence-corrected chi connectivity index (χ0v) is 23.6. The Morgan fingerprint density at radius 2 is 1.00 bits per heavy atom. The molecule has 2 atom stereocenters. The first-order chi connectivity index (χ1) is 17.8. The summed E-state index contributed by atoms with van der Waals surface area (Å²) in [5.41, 5.74) is 3.87. The number of Topliss-reactive ketones (excluding diaryl/α,β-unsaturated/α-hetero) is 1. The van der Waals surface area contributed by atoms with E-state index in [0.29, 0.717) is 25.9 Å². The molecule has 2 aromatic rings. The number of fused-ring (bicyclic) bond motifs is 2. The highest BCUT2D eigenvalue weighted by Crippen LogP contribution is 2.26. The Balaban J connectivity index is 1.53. The van der Waals surface area contributed by atoms with Gasteiger partial charge in [-0.15, -0.1) is 0 Å². The average Bonchev–Trinajstić information content (AvgIpc) is 2.81. The second kappa shape index (κ2) is 11.0. The van der Waals surface area contributed by atoms with E-state index in [1.54, 1.807) is 0 Å². The van der Waals surface area contributed by atoms with Crippen molar-refractivity contribution in [2.75, 3.05) is 13.1 Å². The molecule has 2 aliphatic rings. The third-order valence-electron chi connectivity index (χ3n) is 7.05. The molecule has 0 saturated carbocycles. The van der Waals surface area contributed by atoms with Gasteiger partial charge >= 0.3 is 0 Å². The first-order valence-electron chi connectivity index (χ1n) is 13.6. The molecule has 0 fully saturated rings. The Morgan fingerprint density at radius 1 is 0.658 bits per heavy atom. The Hall–Kier alpha value is -3.03. The third-order valence-corrected chi connectivity index (χ3v) is 7.05. The minimum atomic E-state index is -0.421. The lowest BCUT2D eigenvalue weighted by Gasteiger charge is -2.39. The van der Waals surface area contributed by atoms with Crippen molar-refractivity contribution in [2.45, 2.75) is 90.6 Å². The number of benzene rings is 2. The fourth-order valence-electron chi connectivity index (χ4n) is 5.41. The van der Waals surface area contributed by atoms with Crippen molar-refractivity contribution in [1.82, 2.24) is 20.4 Å². The number of rotatable bonds is 6. The van der Waals surface area contributed by atoms with Crippen molar-refractivity contribution in [3.8, 4) is 0 Å². The highest BCUT2D eigenvalue weighted by molar-refractivity contribution is 5.88. The molecule has 4 rings (SSSR count). The van der Waals surface area contributed by atoms with E-state index in [1.165, 1.54) is 0 Å². The zero-order chi connectivity index (χ0) is 27.7. The van der Waals surface area contributed by atoms with Crippen molar-refractivity contribution in [3.63, 3.8) is 0 Å². The van der Waals surface area contributed by atoms with Gasteiger partial charge in [-0.2, -0.15) is 0 Å².